The minimum Gasteiger partial charge on any atom is -0.476 e. The van der Waals surface area contributed by atoms with Crippen LogP contribution in [0.4, 0.5) is 0 Å². The summed E-state index contributed by atoms with van der Waals surface area (Å²) in [5, 5.41) is 19.4. The van der Waals surface area contributed by atoms with Crippen molar-refractivity contribution in [2.24, 2.45) is 5.92 Å². The molecule has 1 aliphatic carbocycles. The highest BCUT2D eigenvalue weighted by atomic mass is 16.4. The molecule has 0 spiro atoms. The maximum atomic E-state index is 10.6. The summed E-state index contributed by atoms with van der Waals surface area (Å²) in [5.41, 5.74) is -0.00274. The molecule has 1 saturated carbocycles. The highest BCUT2D eigenvalue weighted by Crippen LogP contribution is 2.29. The first-order chi connectivity index (χ1) is 8.16. The van der Waals surface area contributed by atoms with Crippen LogP contribution in [0.15, 0.2) is 6.20 Å². The van der Waals surface area contributed by atoms with Crippen molar-refractivity contribution in [1.29, 1.82) is 0 Å². The topological polar surface area (TPSA) is 80.0 Å². The second kappa shape index (κ2) is 5.27. The fraction of sp³-hybridized carbons (Fsp3) is 0.727. The molecule has 0 amide bonds. The van der Waals surface area contributed by atoms with Crippen molar-refractivity contribution < 1.29 is 9.90 Å². The van der Waals surface area contributed by atoms with E-state index in [-0.39, 0.29) is 5.69 Å². The zero-order valence-corrected chi connectivity index (χ0v) is 9.96. The molecule has 1 aromatic heterocycles. The molecule has 94 valence electrons. The molecule has 0 bridgehead atoms. The van der Waals surface area contributed by atoms with Crippen molar-refractivity contribution in [1.82, 2.24) is 20.3 Å². The summed E-state index contributed by atoms with van der Waals surface area (Å²) >= 11 is 0. The molecule has 1 aliphatic rings. The van der Waals surface area contributed by atoms with E-state index in [0.29, 0.717) is 12.6 Å². The fourth-order valence-corrected chi connectivity index (χ4v) is 2.02. The number of aromatic carboxylic acids is 1. The van der Waals surface area contributed by atoms with E-state index >= 15 is 0 Å². The smallest absolute Gasteiger partial charge is 0.358 e. The zero-order chi connectivity index (χ0) is 12.3. The lowest BCUT2D eigenvalue weighted by Crippen LogP contribution is -2.38. The molecule has 6 nitrogen and oxygen atoms in total. The third kappa shape index (κ3) is 3.03. The summed E-state index contributed by atoms with van der Waals surface area (Å²) in [4.78, 5) is 10.6. The fourth-order valence-electron chi connectivity index (χ4n) is 2.02. The monoisotopic (exact) mass is 238 g/mol. The largest absolute Gasteiger partial charge is 0.476 e. The Morgan fingerprint density at radius 2 is 2.47 bits per heavy atom. The first-order valence-electron chi connectivity index (χ1n) is 6.03. The molecular weight excluding hydrogens is 220 g/mol. The molecule has 0 saturated heterocycles. The molecule has 0 radical (unpaired) electrons. The van der Waals surface area contributed by atoms with Gasteiger partial charge in [0.1, 0.15) is 0 Å². The molecule has 6 heteroatoms. The minimum atomic E-state index is -1.04. The van der Waals surface area contributed by atoms with E-state index in [0.717, 1.165) is 12.5 Å². The molecule has 1 atom stereocenters. The van der Waals surface area contributed by atoms with Gasteiger partial charge in [0, 0.05) is 12.6 Å². The number of rotatable bonds is 6. The van der Waals surface area contributed by atoms with Crippen LogP contribution in [-0.2, 0) is 6.54 Å². The van der Waals surface area contributed by atoms with Crippen LogP contribution >= 0.6 is 0 Å². The van der Waals surface area contributed by atoms with Gasteiger partial charge in [0.05, 0.1) is 12.7 Å². The Labute approximate surface area is 100 Å². The van der Waals surface area contributed by atoms with Gasteiger partial charge >= 0.3 is 5.97 Å². The highest BCUT2D eigenvalue weighted by Gasteiger charge is 2.23. The lowest BCUT2D eigenvalue weighted by Gasteiger charge is -2.32. The van der Waals surface area contributed by atoms with E-state index in [1.165, 1.54) is 25.5 Å². The van der Waals surface area contributed by atoms with Gasteiger partial charge in [-0.15, -0.1) is 5.10 Å². The van der Waals surface area contributed by atoms with Gasteiger partial charge in [-0.3, -0.25) is 4.68 Å². The molecule has 1 aromatic rings. The Bertz CT molecular complexity index is 387. The Morgan fingerprint density at radius 3 is 3.00 bits per heavy atom. The first-order valence-corrected chi connectivity index (χ1v) is 6.03. The third-order valence-corrected chi connectivity index (χ3v) is 3.42. The maximum Gasteiger partial charge on any atom is 0.358 e. The Morgan fingerprint density at radius 1 is 1.71 bits per heavy atom. The van der Waals surface area contributed by atoms with E-state index in [2.05, 4.69) is 22.6 Å². The van der Waals surface area contributed by atoms with Crippen LogP contribution in [0.25, 0.3) is 0 Å². The molecular formula is C11H18N4O2. The van der Waals surface area contributed by atoms with Crippen molar-refractivity contribution in [2.75, 3.05) is 6.54 Å². The van der Waals surface area contributed by atoms with Gasteiger partial charge in [-0.05, 0) is 25.7 Å². The van der Waals surface area contributed by atoms with E-state index in [4.69, 9.17) is 5.11 Å². The standard InChI is InChI=1S/C11H18N4O2/c1-8(9-3-2-4-9)12-5-6-15-7-10(11(16)17)13-14-15/h7-9,12H,2-6H2,1H3,(H,16,17). The lowest BCUT2D eigenvalue weighted by atomic mass is 9.80. The van der Waals surface area contributed by atoms with Crippen LogP contribution in [0, 0.1) is 5.92 Å². The Kier molecular flexibility index (Phi) is 3.73. The number of carboxylic acid groups (broad SMARTS) is 1. The lowest BCUT2D eigenvalue weighted by molar-refractivity contribution is 0.0690. The van der Waals surface area contributed by atoms with Gasteiger partial charge < -0.3 is 10.4 Å². The second-order valence-electron chi connectivity index (χ2n) is 4.61. The minimum absolute atomic E-state index is 0.00274. The maximum absolute atomic E-state index is 10.6. The van der Waals surface area contributed by atoms with Crippen molar-refractivity contribution in [3.8, 4) is 0 Å². The molecule has 0 aliphatic heterocycles. The number of nitrogens with zero attached hydrogens (tertiary/aromatic N) is 3. The van der Waals surface area contributed by atoms with Crippen LogP contribution in [0.3, 0.4) is 0 Å². The average Bonchev–Trinajstić information content (AvgIpc) is 2.63. The molecule has 2 N–H and O–H groups in total. The number of hydrogen-bond donors (Lipinski definition) is 2. The number of carbonyl (C=O) groups is 1. The number of hydrogen-bond acceptors (Lipinski definition) is 4. The van der Waals surface area contributed by atoms with Crippen molar-refractivity contribution in [2.45, 2.75) is 38.8 Å². The van der Waals surface area contributed by atoms with Gasteiger partial charge in [0.15, 0.2) is 5.69 Å². The highest BCUT2D eigenvalue weighted by molar-refractivity contribution is 5.84. The molecule has 0 aromatic carbocycles. The zero-order valence-electron chi connectivity index (χ0n) is 9.96. The molecule has 17 heavy (non-hydrogen) atoms. The molecule has 1 unspecified atom stereocenters. The van der Waals surface area contributed by atoms with E-state index in [1.54, 1.807) is 4.68 Å². The van der Waals surface area contributed by atoms with Gasteiger partial charge in [0.25, 0.3) is 0 Å². The second-order valence-corrected chi connectivity index (χ2v) is 4.61. The number of aromatic nitrogens is 3. The van der Waals surface area contributed by atoms with Gasteiger partial charge in [-0.2, -0.15) is 0 Å². The summed E-state index contributed by atoms with van der Waals surface area (Å²) in [6.07, 6.45) is 5.45. The van der Waals surface area contributed by atoms with Crippen LogP contribution < -0.4 is 5.32 Å². The third-order valence-electron chi connectivity index (χ3n) is 3.42. The quantitative estimate of drug-likeness (QED) is 0.764. The van der Waals surface area contributed by atoms with Crippen molar-refractivity contribution in [3.05, 3.63) is 11.9 Å². The van der Waals surface area contributed by atoms with Crippen LogP contribution in [0.2, 0.25) is 0 Å². The molecule has 1 heterocycles. The normalized spacial score (nSPS) is 17.7. The first kappa shape index (κ1) is 12.0. The SMILES string of the molecule is CC(NCCn1cc(C(=O)O)nn1)C1CCC1. The molecule has 2 rings (SSSR count). The van der Waals surface area contributed by atoms with Crippen molar-refractivity contribution in [3.63, 3.8) is 0 Å². The van der Waals surface area contributed by atoms with E-state index < -0.39 is 5.97 Å². The van der Waals surface area contributed by atoms with Gasteiger partial charge in [-0.1, -0.05) is 11.6 Å². The summed E-state index contributed by atoms with van der Waals surface area (Å²) in [6, 6.07) is 0.534. The summed E-state index contributed by atoms with van der Waals surface area (Å²) < 4.78 is 1.56. The van der Waals surface area contributed by atoms with Gasteiger partial charge in [0.2, 0.25) is 0 Å². The number of nitrogens with one attached hydrogen (secondary N) is 1. The summed E-state index contributed by atoms with van der Waals surface area (Å²) in [6.45, 7) is 3.64. The number of carboxylic acids is 1. The predicted octanol–water partition coefficient (Wildman–Crippen LogP) is 0.754. The van der Waals surface area contributed by atoms with Crippen LogP contribution in [0.1, 0.15) is 36.7 Å². The predicted molar refractivity (Wildman–Crippen MR) is 61.8 cm³/mol. The summed E-state index contributed by atoms with van der Waals surface area (Å²) in [5.74, 6) is -0.229. The molecule has 1 fully saturated rings. The van der Waals surface area contributed by atoms with Gasteiger partial charge in [-0.25, -0.2) is 4.79 Å². The average molecular weight is 238 g/mol. The van der Waals surface area contributed by atoms with E-state index in [9.17, 15) is 4.79 Å². The Balaban J connectivity index is 1.71. The van der Waals surface area contributed by atoms with Crippen LogP contribution in [-0.4, -0.2) is 38.7 Å². The Hall–Kier alpha value is -1.43. The van der Waals surface area contributed by atoms with Crippen LogP contribution in [0.5, 0.6) is 0 Å². The summed E-state index contributed by atoms with van der Waals surface area (Å²) in [7, 11) is 0. The van der Waals surface area contributed by atoms with E-state index in [1.807, 2.05) is 0 Å². The van der Waals surface area contributed by atoms with Crippen molar-refractivity contribution >= 4 is 5.97 Å².